The first-order chi connectivity index (χ1) is 11.7. The molecule has 0 aliphatic rings. The molecule has 0 saturated carbocycles. The smallest absolute Gasteiger partial charge is 0.148 e. The van der Waals surface area contributed by atoms with Crippen LogP contribution in [0.1, 0.15) is 11.5 Å². The van der Waals surface area contributed by atoms with Gasteiger partial charge in [0.25, 0.3) is 0 Å². The molecule has 24 heavy (non-hydrogen) atoms. The number of aromatic amines is 1. The molecule has 4 aromatic rings. The van der Waals surface area contributed by atoms with Crippen LogP contribution >= 0.6 is 0 Å². The standard InChI is InChI=1S/C17H15FN6/c1-11-19-9-13(24(11)12-5-3-2-4-6-12)10-20-15-8-17-16(7-14(15)18)21-23-22-17/h2-9,20H,10H2,1H3,(H,21,22,23). The van der Waals surface area contributed by atoms with E-state index in [9.17, 15) is 4.39 Å². The number of anilines is 1. The lowest BCUT2D eigenvalue weighted by Crippen LogP contribution is -2.08. The van der Waals surface area contributed by atoms with Crippen LogP contribution in [0.3, 0.4) is 0 Å². The monoisotopic (exact) mass is 322 g/mol. The highest BCUT2D eigenvalue weighted by Crippen LogP contribution is 2.21. The van der Waals surface area contributed by atoms with Crippen molar-refractivity contribution in [1.29, 1.82) is 0 Å². The molecule has 0 spiro atoms. The van der Waals surface area contributed by atoms with Gasteiger partial charge in [-0.1, -0.05) is 18.2 Å². The minimum Gasteiger partial charge on any atom is -0.377 e. The summed E-state index contributed by atoms with van der Waals surface area (Å²) in [7, 11) is 0. The second-order valence-electron chi connectivity index (χ2n) is 5.47. The fraction of sp³-hybridized carbons (Fsp3) is 0.118. The second kappa shape index (κ2) is 5.77. The zero-order valence-corrected chi connectivity index (χ0v) is 13.0. The first kappa shape index (κ1) is 14.4. The summed E-state index contributed by atoms with van der Waals surface area (Å²) < 4.78 is 16.2. The highest BCUT2D eigenvalue weighted by atomic mass is 19.1. The molecule has 120 valence electrons. The minimum absolute atomic E-state index is 0.362. The molecule has 0 aliphatic heterocycles. The summed E-state index contributed by atoms with van der Waals surface area (Å²) in [6.07, 6.45) is 1.79. The molecule has 2 aromatic carbocycles. The van der Waals surface area contributed by atoms with Gasteiger partial charge in [0.1, 0.15) is 22.7 Å². The topological polar surface area (TPSA) is 71.4 Å². The van der Waals surface area contributed by atoms with Gasteiger partial charge in [-0.05, 0) is 25.1 Å². The van der Waals surface area contributed by atoms with Gasteiger partial charge in [-0.15, -0.1) is 0 Å². The summed E-state index contributed by atoms with van der Waals surface area (Å²) in [4.78, 5) is 4.37. The Hall–Kier alpha value is -3.22. The number of hydrogen-bond donors (Lipinski definition) is 2. The average molecular weight is 322 g/mol. The number of halogens is 1. The molecule has 7 heteroatoms. The van der Waals surface area contributed by atoms with Crippen LogP contribution in [0, 0.1) is 12.7 Å². The summed E-state index contributed by atoms with van der Waals surface area (Å²) in [6.45, 7) is 2.38. The summed E-state index contributed by atoms with van der Waals surface area (Å²) in [6, 6.07) is 13.0. The van der Waals surface area contributed by atoms with Gasteiger partial charge in [0, 0.05) is 11.8 Å². The number of nitrogens with one attached hydrogen (secondary N) is 2. The summed E-state index contributed by atoms with van der Waals surface area (Å²) in [5.41, 5.74) is 3.47. The number of rotatable bonds is 4. The van der Waals surface area contributed by atoms with E-state index in [0.717, 1.165) is 17.2 Å². The van der Waals surface area contributed by atoms with Crippen molar-refractivity contribution in [2.24, 2.45) is 0 Å². The van der Waals surface area contributed by atoms with Gasteiger partial charge in [-0.3, -0.25) is 4.57 Å². The highest BCUT2D eigenvalue weighted by molar-refractivity contribution is 5.78. The van der Waals surface area contributed by atoms with Gasteiger partial charge < -0.3 is 5.32 Å². The number of benzene rings is 2. The van der Waals surface area contributed by atoms with E-state index in [2.05, 4.69) is 25.7 Å². The van der Waals surface area contributed by atoms with Crippen LogP contribution in [0.2, 0.25) is 0 Å². The number of fused-ring (bicyclic) bond motifs is 1. The Morgan fingerprint density at radius 3 is 2.67 bits per heavy atom. The number of para-hydroxylation sites is 1. The minimum atomic E-state index is -0.362. The summed E-state index contributed by atoms with van der Waals surface area (Å²) >= 11 is 0. The molecule has 0 amide bonds. The number of imidazole rings is 1. The van der Waals surface area contributed by atoms with Crippen LogP contribution < -0.4 is 5.32 Å². The normalized spacial score (nSPS) is 11.1. The predicted octanol–water partition coefficient (Wildman–Crippen LogP) is 3.20. The van der Waals surface area contributed by atoms with Gasteiger partial charge in [-0.2, -0.15) is 15.4 Å². The second-order valence-corrected chi connectivity index (χ2v) is 5.47. The van der Waals surface area contributed by atoms with Gasteiger partial charge in [0.2, 0.25) is 0 Å². The number of H-pyrrole nitrogens is 1. The molecule has 0 unspecified atom stereocenters. The van der Waals surface area contributed by atoms with Crippen molar-refractivity contribution in [3.05, 3.63) is 66.0 Å². The Kier molecular flexibility index (Phi) is 3.45. The SMILES string of the molecule is Cc1ncc(CNc2cc3n[nH]nc3cc2F)n1-c1ccccc1. The van der Waals surface area contributed by atoms with Gasteiger partial charge in [0.05, 0.1) is 24.1 Å². The van der Waals surface area contributed by atoms with Crippen molar-refractivity contribution in [2.75, 3.05) is 5.32 Å². The Balaban J connectivity index is 1.63. The molecule has 4 rings (SSSR count). The summed E-state index contributed by atoms with van der Waals surface area (Å²) in [5, 5.41) is 13.5. The fourth-order valence-corrected chi connectivity index (χ4v) is 2.73. The van der Waals surface area contributed by atoms with Crippen LogP contribution in [-0.2, 0) is 6.54 Å². The highest BCUT2D eigenvalue weighted by Gasteiger charge is 2.11. The molecule has 2 aromatic heterocycles. The lowest BCUT2D eigenvalue weighted by Gasteiger charge is -2.12. The van der Waals surface area contributed by atoms with E-state index in [-0.39, 0.29) is 5.82 Å². The van der Waals surface area contributed by atoms with Crippen molar-refractivity contribution in [3.63, 3.8) is 0 Å². The number of nitrogens with zero attached hydrogens (tertiary/aromatic N) is 4. The zero-order valence-electron chi connectivity index (χ0n) is 13.0. The quantitative estimate of drug-likeness (QED) is 0.605. The Morgan fingerprint density at radius 2 is 1.88 bits per heavy atom. The van der Waals surface area contributed by atoms with Crippen LogP contribution in [0.25, 0.3) is 16.7 Å². The molecule has 0 radical (unpaired) electrons. The van der Waals surface area contributed by atoms with Crippen molar-refractivity contribution in [3.8, 4) is 5.69 Å². The molecule has 0 bridgehead atoms. The first-order valence-electron chi connectivity index (χ1n) is 7.55. The molecule has 0 aliphatic carbocycles. The van der Waals surface area contributed by atoms with E-state index in [4.69, 9.17) is 0 Å². The van der Waals surface area contributed by atoms with Crippen molar-refractivity contribution in [2.45, 2.75) is 13.5 Å². The maximum absolute atomic E-state index is 14.2. The van der Waals surface area contributed by atoms with E-state index in [1.54, 1.807) is 12.3 Å². The van der Waals surface area contributed by atoms with Crippen molar-refractivity contribution in [1.82, 2.24) is 25.0 Å². The van der Waals surface area contributed by atoms with E-state index >= 15 is 0 Å². The van der Waals surface area contributed by atoms with Crippen LogP contribution in [0.5, 0.6) is 0 Å². The van der Waals surface area contributed by atoms with Crippen molar-refractivity contribution < 1.29 is 4.39 Å². The van der Waals surface area contributed by atoms with E-state index in [1.165, 1.54) is 6.07 Å². The number of hydrogen-bond acceptors (Lipinski definition) is 4. The van der Waals surface area contributed by atoms with Gasteiger partial charge >= 0.3 is 0 Å². The lowest BCUT2D eigenvalue weighted by atomic mass is 10.2. The molecule has 0 fully saturated rings. The summed E-state index contributed by atoms with van der Waals surface area (Å²) in [5.74, 6) is 0.518. The van der Waals surface area contributed by atoms with E-state index in [0.29, 0.717) is 23.3 Å². The molecule has 0 saturated heterocycles. The van der Waals surface area contributed by atoms with Crippen LogP contribution in [0.15, 0.2) is 48.7 Å². The third kappa shape index (κ3) is 2.50. The Morgan fingerprint density at radius 1 is 1.12 bits per heavy atom. The van der Waals surface area contributed by atoms with Gasteiger partial charge in [0.15, 0.2) is 0 Å². The third-order valence-electron chi connectivity index (χ3n) is 3.89. The van der Waals surface area contributed by atoms with Gasteiger partial charge in [-0.25, -0.2) is 9.37 Å². The molecule has 2 heterocycles. The van der Waals surface area contributed by atoms with E-state index < -0.39 is 0 Å². The Bertz CT molecular complexity index is 989. The maximum Gasteiger partial charge on any atom is 0.148 e. The maximum atomic E-state index is 14.2. The number of aromatic nitrogens is 5. The molecular weight excluding hydrogens is 307 g/mol. The zero-order chi connectivity index (χ0) is 16.5. The average Bonchev–Trinajstić information content (AvgIpc) is 3.19. The number of aryl methyl sites for hydroxylation is 1. The lowest BCUT2D eigenvalue weighted by molar-refractivity contribution is 0.631. The largest absolute Gasteiger partial charge is 0.377 e. The van der Waals surface area contributed by atoms with E-state index in [1.807, 2.05) is 41.8 Å². The molecule has 0 atom stereocenters. The Labute approximate surface area is 137 Å². The molecular formula is C17H15FN6. The van der Waals surface area contributed by atoms with Crippen LogP contribution in [0.4, 0.5) is 10.1 Å². The predicted molar refractivity (Wildman–Crippen MR) is 89.5 cm³/mol. The fourth-order valence-electron chi connectivity index (χ4n) is 2.73. The third-order valence-corrected chi connectivity index (χ3v) is 3.89. The first-order valence-corrected chi connectivity index (χ1v) is 7.55. The van der Waals surface area contributed by atoms with Crippen LogP contribution in [-0.4, -0.2) is 25.0 Å². The van der Waals surface area contributed by atoms with Crippen molar-refractivity contribution >= 4 is 16.7 Å². The molecule has 2 N–H and O–H groups in total. The molecule has 6 nitrogen and oxygen atoms in total.